The third-order valence-electron chi connectivity index (χ3n) is 10.3. The van der Waals surface area contributed by atoms with Gasteiger partial charge in [0.1, 0.15) is 42.9 Å². The Morgan fingerprint density at radius 3 is 2.06 bits per heavy atom. The molecule has 1 aliphatic rings. The standard InChI is InChI=1S/C45H54F2N8O11/c1-26(50-27(2)57)42(64)52-34(21-40(62)63)44(66)51-33(43(65)49-17-16-48-36(58)24-55-37(59)13-14-38(55)60)15-18-54(39(61)25-56)41(45(3,4)5)35-19-29(31-20-30(46)11-12-32(31)47)23-53(35)22-28-9-7-6-8-10-28/h6-14,19-20,23,26,33-34,41,56H,15-18,21-22,24-25H2,1-5H3,(H,48,58)(H,49,65)(H,50,57)(H,51,66)(H,52,64)(H,62,63)/t26-,33+,34+,41+/m1/s1. The number of hydrogen-bond acceptors (Lipinski definition) is 10. The number of amides is 8. The van der Waals surface area contributed by atoms with E-state index in [1.54, 1.807) is 37.6 Å². The maximum atomic E-state index is 15.3. The van der Waals surface area contributed by atoms with Crippen LogP contribution in [-0.2, 0) is 49.7 Å². The quantitative estimate of drug-likeness (QED) is 0.0550. The molecule has 21 heteroatoms. The Hall–Kier alpha value is -7.29. The highest BCUT2D eigenvalue weighted by Crippen LogP contribution is 2.41. The van der Waals surface area contributed by atoms with Crippen LogP contribution in [0.1, 0.15) is 64.8 Å². The maximum Gasteiger partial charge on any atom is 0.305 e. The number of benzene rings is 2. The zero-order valence-electron chi connectivity index (χ0n) is 37.1. The molecule has 1 aromatic heterocycles. The minimum absolute atomic E-state index is 0.0594. The number of aliphatic hydroxyl groups is 1. The summed E-state index contributed by atoms with van der Waals surface area (Å²) in [6, 6.07) is 8.24. The van der Waals surface area contributed by atoms with Crippen LogP contribution < -0.4 is 26.6 Å². The Bertz CT molecular complexity index is 2330. The molecule has 0 spiro atoms. The minimum Gasteiger partial charge on any atom is -0.481 e. The molecule has 1 aliphatic heterocycles. The van der Waals surface area contributed by atoms with Gasteiger partial charge in [-0.1, -0.05) is 51.1 Å². The topological polar surface area (TPSA) is 266 Å². The molecule has 0 bridgehead atoms. The lowest BCUT2D eigenvalue weighted by molar-refractivity contribution is -0.142. The normalized spacial score (nSPS) is 14.2. The van der Waals surface area contributed by atoms with Gasteiger partial charge in [0.15, 0.2) is 0 Å². The molecule has 2 heterocycles. The van der Waals surface area contributed by atoms with Crippen LogP contribution in [0.15, 0.2) is 72.9 Å². The number of aromatic nitrogens is 1. The molecule has 0 radical (unpaired) electrons. The largest absolute Gasteiger partial charge is 0.481 e. The number of hydrogen-bond donors (Lipinski definition) is 7. The lowest BCUT2D eigenvalue weighted by Gasteiger charge is -2.41. The van der Waals surface area contributed by atoms with Crippen molar-refractivity contribution < 1.29 is 62.1 Å². The zero-order valence-corrected chi connectivity index (χ0v) is 37.1. The fourth-order valence-electron chi connectivity index (χ4n) is 7.26. The number of aliphatic hydroxyl groups excluding tert-OH is 1. The van der Waals surface area contributed by atoms with Crippen molar-refractivity contribution in [3.63, 3.8) is 0 Å². The monoisotopic (exact) mass is 920 g/mol. The highest BCUT2D eigenvalue weighted by molar-refractivity contribution is 6.14. The van der Waals surface area contributed by atoms with Crippen molar-refractivity contribution in [2.45, 2.75) is 78.2 Å². The molecule has 0 saturated heterocycles. The summed E-state index contributed by atoms with van der Waals surface area (Å²) >= 11 is 0. The first kappa shape index (κ1) is 51.3. The van der Waals surface area contributed by atoms with Gasteiger partial charge in [0.25, 0.3) is 11.8 Å². The van der Waals surface area contributed by atoms with Crippen LogP contribution in [0, 0.1) is 17.0 Å². The van der Waals surface area contributed by atoms with Crippen LogP contribution in [0.2, 0.25) is 0 Å². The zero-order chi connectivity index (χ0) is 48.9. The van der Waals surface area contributed by atoms with Gasteiger partial charge in [0, 0.05) is 68.3 Å². The van der Waals surface area contributed by atoms with Crippen LogP contribution >= 0.6 is 0 Å². The van der Waals surface area contributed by atoms with Crippen molar-refractivity contribution in [2.24, 2.45) is 5.41 Å². The van der Waals surface area contributed by atoms with Crippen LogP contribution in [-0.4, -0.2) is 129 Å². The summed E-state index contributed by atoms with van der Waals surface area (Å²) in [5, 5.41) is 32.0. The molecule has 0 fully saturated rings. The molecule has 0 unspecified atom stereocenters. The highest BCUT2D eigenvalue weighted by Gasteiger charge is 2.38. The van der Waals surface area contributed by atoms with Crippen molar-refractivity contribution in [1.82, 2.24) is 41.0 Å². The number of halogens is 2. The summed E-state index contributed by atoms with van der Waals surface area (Å²) in [6.45, 7) is 5.59. The first-order valence-corrected chi connectivity index (χ1v) is 20.9. The number of rotatable bonds is 22. The molecule has 7 N–H and O–H groups in total. The first-order chi connectivity index (χ1) is 31.1. The average Bonchev–Trinajstić information content (AvgIpc) is 3.80. The smallest absolute Gasteiger partial charge is 0.305 e. The van der Waals surface area contributed by atoms with Crippen molar-refractivity contribution in [3.8, 4) is 11.1 Å². The van der Waals surface area contributed by atoms with Crippen molar-refractivity contribution in [2.75, 3.05) is 32.8 Å². The first-order valence-electron chi connectivity index (χ1n) is 20.9. The van der Waals surface area contributed by atoms with Gasteiger partial charge in [-0.05, 0) is 48.6 Å². The molecule has 19 nitrogen and oxygen atoms in total. The van der Waals surface area contributed by atoms with Gasteiger partial charge < -0.3 is 46.3 Å². The summed E-state index contributed by atoms with van der Waals surface area (Å²) in [5.41, 5.74) is 0.577. The summed E-state index contributed by atoms with van der Waals surface area (Å²) in [5.74, 6) is -9.34. The van der Waals surface area contributed by atoms with E-state index in [0.29, 0.717) is 10.6 Å². The second kappa shape index (κ2) is 23.1. The Kier molecular flexibility index (Phi) is 17.9. The second-order valence-corrected chi connectivity index (χ2v) is 16.6. The van der Waals surface area contributed by atoms with Crippen molar-refractivity contribution in [3.05, 3.63) is 95.8 Å². The van der Waals surface area contributed by atoms with Gasteiger partial charge in [-0.2, -0.15) is 0 Å². The fraction of sp³-hybridized carbons (Fsp3) is 0.400. The lowest BCUT2D eigenvalue weighted by atomic mass is 9.82. The van der Waals surface area contributed by atoms with E-state index >= 15 is 4.39 Å². The van der Waals surface area contributed by atoms with Gasteiger partial charge in [0.05, 0.1) is 12.5 Å². The van der Waals surface area contributed by atoms with Gasteiger partial charge in [-0.15, -0.1) is 0 Å². The third-order valence-corrected chi connectivity index (χ3v) is 10.3. The van der Waals surface area contributed by atoms with Crippen LogP contribution in [0.5, 0.6) is 0 Å². The Labute approximate surface area is 378 Å². The third kappa shape index (κ3) is 14.4. The molecule has 3 aromatic rings. The minimum atomic E-state index is -1.77. The number of carbonyl (C=O) groups excluding carboxylic acids is 8. The molecule has 354 valence electrons. The predicted octanol–water partition coefficient (Wildman–Crippen LogP) is 0.906. The molecule has 4 atom stereocenters. The van der Waals surface area contributed by atoms with E-state index in [-0.39, 0.29) is 37.3 Å². The van der Waals surface area contributed by atoms with Crippen molar-refractivity contribution >= 4 is 53.2 Å². The number of nitrogens with zero attached hydrogens (tertiary/aromatic N) is 3. The number of carboxylic acids is 1. The van der Waals surface area contributed by atoms with Crippen LogP contribution in [0.3, 0.4) is 0 Å². The van der Waals surface area contributed by atoms with Crippen molar-refractivity contribution in [1.29, 1.82) is 0 Å². The Balaban J connectivity index is 1.69. The van der Waals surface area contributed by atoms with E-state index in [9.17, 15) is 57.8 Å². The number of aliphatic carboxylic acids is 1. The number of imide groups is 1. The van der Waals surface area contributed by atoms with Gasteiger partial charge >= 0.3 is 5.97 Å². The number of nitrogens with one attached hydrogen (secondary N) is 5. The lowest BCUT2D eigenvalue weighted by Crippen LogP contribution is -2.57. The average molecular weight is 921 g/mol. The van der Waals surface area contributed by atoms with E-state index in [1.165, 1.54) is 11.8 Å². The number of carbonyl (C=O) groups is 9. The summed E-state index contributed by atoms with van der Waals surface area (Å²) in [6.07, 6.45) is 2.28. The molecule has 0 aliphatic carbocycles. The molecule has 8 amide bonds. The Morgan fingerprint density at radius 2 is 1.45 bits per heavy atom. The fourth-order valence-corrected chi connectivity index (χ4v) is 7.26. The van der Waals surface area contributed by atoms with Gasteiger partial charge in [-0.25, -0.2) is 8.78 Å². The molecular formula is C45H54F2N8O11. The van der Waals surface area contributed by atoms with E-state index in [0.717, 1.165) is 42.8 Å². The molecular weight excluding hydrogens is 867 g/mol. The summed E-state index contributed by atoms with van der Waals surface area (Å²) in [4.78, 5) is 116. The SMILES string of the molecule is CC(=O)N[C@H](C)C(=O)N[C@@H](CC(=O)O)C(=O)N[C@@H](CCN(C(=O)CO)[C@@H](c1cc(-c2cc(F)ccc2F)cn1Cc1ccccc1)C(C)(C)C)C(=O)NCCNC(=O)CN1C(=O)C=CC1=O. The molecule has 4 rings (SSSR count). The van der Waals surface area contributed by atoms with E-state index < -0.39 is 120 Å². The second-order valence-electron chi connectivity index (χ2n) is 16.6. The Morgan fingerprint density at radius 1 is 0.818 bits per heavy atom. The van der Waals surface area contributed by atoms with E-state index in [1.807, 2.05) is 30.3 Å². The van der Waals surface area contributed by atoms with E-state index in [2.05, 4.69) is 26.6 Å². The van der Waals surface area contributed by atoms with Gasteiger partial charge in [-0.3, -0.25) is 48.1 Å². The molecule has 66 heavy (non-hydrogen) atoms. The molecule has 0 saturated carbocycles. The highest BCUT2D eigenvalue weighted by atomic mass is 19.1. The predicted molar refractivity (Wildman–Crippen MR) is 232 cm³/mol. The summed E-state index contributed by atoms with van der Waals surface area (Å²) < 4.78 is 31.5. The van der Waals surface area contributed by atoms with Crippen LogP contribution in [0.25, 0.3) is 11.1 Å². The maximum absolute atomic E-state index is 15.3. The molecule has 2 aromatic carbocycles. The number of carboxylic acid groups (broad SMARTS) is 1. The summed E-state index contributed by atoms with van der Waals surface area (Å²) in [7, 11) is 0. The van der Waals surface area contributed by atoms with Crippen LogP contribution in [0.4, 0.5) is 8.78 Å². The van der Waals surface area contributed by atoms with Gasteiger partial charge in [0.2, 0.25) is 35.4 Å². The van der Waals surface area contributed by atoms with E-state index in [4.69, 9.17) is 0 Å².